The summed E-state index contributed by atoms with van der Waals surface area (Å²) in [4.78, 5) is 14.3. The molecule has 1 heterocycles. The van der Waals surface area contributed by atoms with Crippen molar-refractivity contribution in [1.82, 2.24) is 4.90 Å². The van der Waals surface area contributed by atoms with Gasteiger partial charge >= 0.3 is 0 Å². The van der Waals surface area contributed by atoms with Crippen molar-refractivity contribution in [3.63, 3.8) is 0 Å². The average Bonchev–Trinajstić information content (AvgIpc) is 2.64. The van der Waals surface area contributed by atoms with E-state index in [1.54, 1.807) is 0 Å². The van der Waals surface area contributed by atoms with Gasteiger partial charge < -0.3 is 5.11 Å². The van der Waals surface area contributed by atoms with Crippen LogP contribution in [-0.2, 0) is 4.79 Å². The van der Waals surface area contributed by atoms with E-state index in [-0.39, 0.29) is 5.92 Å². The molecular formula is C14H25NO2. The van der Waals surface area contributed by atoms with Crippen LogP contribution in [0.25, 0.3) is 0 Å². The molecule has 0 radical (unpaired) electrons. The summed E-state index contributed by atoms with van der Waals surface area (Å²) in [5, 5.41) is 9.93. The van der Waals surface area contributed by atoms with Crippen LogP contribution < -0.4 is 0 Å². The van der Waals surface area contributed by atoms with Gasteiger partial charge in [0, 0.05) is 24.9 Å². The third kappa shape index (κ3) is 3.29. The average molecular weight is 239 g/mol. The number of ketones is 1. The summed E-state index contributed by atoms with van der Waals surface area (Å²) in [5.74, 6) is 0.706. The minimum atomic E-state index is -0.652. The maximum absolute atomic E-state index is 12.0. The van der Waals surface area contributed by atoms with Gasteiger partial charge in [-0.1, -0.05) is 6.42 Å². The summed E-state index contributed by atoms with van der Waals surface area (Å²) < 4.78 is 0. The van der Waals surface area contributed by atoms with Crippen LogP contribution in [0.2, 0.25) is 0 Å². The van der Waals surface area contributed by atoms with Gasteiger partial charge in [-0.05, 0) is 46.1 Å². The molecule has 98 valence electrons. The first-order valence-corrected chi connectivity index (χ1v) is 6.96. The summed E-state index contributed by atoms with van der Waals surface area (Å²) in [6.45, 7) is 5.44. The van der Waals surface area contributed by atoms with Crippen molar-refractivity contribution >= 4 is 5.78 Å². The van der Waals surface area contributed by atoms with E-state index in [1.165, 1.54) is 12.8 Å². The number of nitrogens with zero attached hydrogens (tertiary/aromatic N) is 1. The molecule has 2 atom stereocenters. The highest BCUT2D eigenvalue weighted by molar-refractivity contribution is 5.82. The van der Waals surface area contributed by atoms with E-state index in [1.807, 2.05) is 13.8 Å². The number of Topliss-reactive ketones (excluding diaryl/α,β-unsaturated/α-hetero) is 1. The Morgan fingerprint density at radius 3 is 2.71 bits per heavy atom. The first-order chi connectivity index (χ1) is 7.97. The van der Waals surface area contributed by atoms with Crippen molar-refractivity contribution in [3.05, 3.63) is 0 Å². The normalized spacial score (nSPS) is 32.1. The Bertz CT molecular complexity index is 282. The molecule has 2 fully saturated rings. The number of hydrogen-bond donors (Lipinski definition) is 1. The number of rotatable bonds is 3. The van der Waals surface area contributed by atoms with Gasteiger partial charge in [0.1, 0.15) is 5.78 Å². The maximum atomic E-state index is 12.0. The molecule has 1 aliphatic heterocycles. The molecule has 1 aliphatic carbocycles. The molecule has 3 heteroatoms. The summed E-state index contributed by atoms with van der Waals surface area (Å²) in [5.41, 5.74) is -0.652. The van der Waals surface area contributed by atoms with Gasteiger partial charge in [-0.3, -0.25) is 9.69 Å². The highest BCUT2D eigenvalue weighted by atomic mass is 16.3. The highest BCUT2D eigenvalue weighted by Crippen LogP contribution is 2.32. The number of carbonyl (C=O) groups excluding carboxylic acids is 1. The van der Waals surface area contributed by atoms with Crippen molar-refractivity contribution in [3.8, 4) is 0 Å². The van der Waals surface area contributed by atoms with Crippen molar-refractivity contribution in [2.24, 2.45) is 5.92 Å². The van der Waals surface area contributed by atoms with E-state index < -0.39 is 5.60 Å². The fourth-order valence-electron chi connectivity index (χ4n) is 3.42. The molecule has 2 rings (SSSR count). The number of likely N-dealkylation sites (tertiary alicyclic amines) is 1. The Balaban J connectivity index is 2.01. The van der Waals surface area contributed by atoms with E-state index in [2.05, 4.69) is 4.90 Å². The summed E-state index contributed by atoms with van der Waals surface area (Å²) in [7, 11) is 0. The summed E-state index contributed by atoms with van der Waals surface area (Å²) >= 11 is 0. The highest BCUT2D eigenvalue weighted by Gasteiger charge is 2.38. The molecule has 2 unspecified atom stereocenters. The number of carbonyl (C=O) groups is 1. The van der Waals surface area contributed by atoms with Crippen molar-refractivity contribution < 1.29 is 9.90 Å². The van der Waals surface area contributed by atoms with Gasteiger partial charge in [-0.25, -0.2) is 0 Å². The maximum Gasteiger partial charge on any atom is 0.137 e. The van der Waals surface area contributed by atoms with Crippen LogP contribution in [0.3, 0.4) is 0 Å². The predicted octanol–water partition coefficient (Wildman–Crippen LogP) is 1.98. The van der Waals surface area contributed by atoms with Crippen LogP contribution in [-0.4, -0.2) is 40.5 Å². The zero-order valence-electron chi connectivity index (χ0n) is 11.1. The molecule has 0 aromatic rings. The lowest BCUT2D eigenvalue weighted by molar-refractivity contribution is -0.127. The van der Waals surface area contributed by atoms with E-state index in [0.29, 0.717) is 18.4 Å². The lowest BCUT2D eigenvalue weighted by atomic mass is 9.81. The smallest absolute Gasteiger partial charge is 0.137 e. The molecule has 0 aromatic heterocycles. The largest absolute Gasteiger partial charge is 0.389 e. The molecule has 1 saturated heterocycles. The molecule has 0 spiro atoms. The van der Waals surface area contributed by atoms with E-state index in [4.69, 9.17) is 0 Å². The molecule has 1 saturated carbocycles. The van der Waals surface area contributed by atoms with Crippen LogP contribution in [0, 0.1) is 5.92 Å². The standard InChI is InChI=1S/C14H25NO2/c1-14(2,17)10-15-9-5-7-12(15)11-6-3-4-8-13(11)16/h11-12,17H,3-10H2,1-2H3. The second-order valence-electron chi connectivity index (χ2n) is 6.31. The summed E-state index contributed by atoms with van der Waals surface area (Å²) in [6, 6.07) is 0.397. The number of β-amino-alcohol motifs (C(OH)–C–C–N with tert-alkyl or cyclic N) is 1. The van der Waals surface area contributed by atoms with Gasteiger partial charge in [-0.15, -0.1) is 0 Å². The Hall–Kier alpha value is -0.410. The van der Waals surface area contributed by atoms with Gasteiger partial charge in [0.05, 0.1) is 5.60 Å². The van der Waals surface area contributed by atoms with Gasteiger partial charge in [0.15, 0.2) is 0 Å². The van der Waals surface area contributed by atoms with Crippen LogP contribution in [0.4, 0.5) is 0 Å². The van der Waals surface area contributed by atoms with Gasteiger partial charge in [0.2, 0.25) is 0 Å². The lowest BCUT2D eigenvalue weighted by Gasteiger charge is -2.35. The zero-order chi connectivity index (χ0) is 12.5. The Morgan fingerprint density at radius 1 is 1.29 bits per heavy atom. The molecule has 2 aliphatic rings. The fourth-order valence-corrected chi connectivity index (χ4v) is 3.42. The third-order valence-electron chi connectivity index (χ3n) is 4.07. The molecular weight excluding hydrogens is 214 g/mol. The van der Waals surface area contributed by atoms with Crippen LogP contribution >= 0.6 is 0 Å². The Morgan fingerprint density at radius 2 is 2.06 bits per heavy atom. The minimum absolute atomic E-state index is 0.244. The first kappa shape index (κ1) is 13.0. The van der Waals surface area contributed by atoms with Crippen molar-refractivity contribution in [1.29, 1.82) is 0 Å². The quantitative estimate of drug-likeness (QED) is 0.818. The van der Waals surface area contributed by atoms with Crippen LogP contribution in [0.15, 0.2) is 0 Å². The predicted molar refractivity (Wildman–Crippen MR) is 67.9 cm³/mol. The van der Waals surface area contributed by atoms with E-state index >= 15 is 0 Å². The SMILES string of the molecule is CC(C)(O)CN1CCCC1C1CCCCC1=O. The minimum Gasteiger partial charge on any atom is -0.389 e. The van der Waals surface area contributed by atoms with E-state index in [0.717, 1.165) is 32.2 Å². The van der Waals surface area contributed by atoms with Crippen LogP contribution in [0.1, 0.15) is 52.4 Å². The first-order valence-electron chi connectivity index (χ1n) is 6.96. The van der Waals surface area contributed by atoms with Gasteiger partial charge in [0.25, 0.3) is 0 Å². The van der Waals surface area contributed by atoms with Crippen molar-refractivity contribution in [2.75, 3.05) is 13.1 Å². The topological polar surface area (TPSA) is 40.5 Å². The molecule has 0 bridgehead atoms. The summed E-state index contributed by atoms with van der Waals surface area (Å²) in [6.07, 6.45) is 6.41. The molecule has 17 heavy (non-hydrogen) atoms. The monoisotopic (exact) mass is 239 g/mol. The molecule has 1 N–H and O–H groups in total. The Kier molecular flexibility index (Phi) is 3.88. The van der Waals surface area contributed by atoms with Gasteiger partial charge in [-0.2, -0.15) is 0 Å². The van der Waals surface area contributed by atoms with Crippen molar-refractivity contribution in [2.45, 2.75) is 64.0 Å². The molecule has 0 amide bonds. The van der Waals surface area contributed by atoms with E-state index in [9.17, 15) is 9.90 Å². The second-order valence-corrected chi connectivity index (χ2v) is 6.31. The number of aliphatic hydroxyl groups is 1. The molecule has 0 aromatic carbocycles. The lowest BCUT2D eigenvalue weighted by Crippen LogP contribution is -2.46. The Labute approximate surface area is 104 Å². The van der Waals surface area contributed by atoms with Crippen LogP contribution in [0.5, 0.6) is 0 Å². The zero-order valence-corrected chi connectivity index (χ0v) is 11.1. The third-order valence-corrected chi connectivity index (χ3v) is 4.07. The fraction of sp³-hybridized carbons (Fsp3) is 0.929. The second kappa shape index (κ2) is 5.07. The number of hydrogen-bond acceptors (Lipinski definition) is 3. The molecule has 3 nitrogen and oxygen atoms in total.